The monoisotopic (exact) mass is 313 g/mol. The summed E-state index contributed by atoms with van der Waals surface area (Å²) in [7, 11) is 0. The van der Waals surface area contributed by atoms with Crippen LogP contribution in [0, 0.1) is 13.8 Å². The third-order valence-electron chi connectivity index (χ3n) is 3.66. The Morgan fingerprint density at radius 3 is 2.64 bits per heavy atom. The largest absolute Gasteiger partial charge is 0.324 e. The number of nitrogens with zero attached hydrogens (tertiary/aromatic N) is 2. The minimum Gasteiger partial charge on any atom is -0.324 e. The van der Waals surface area contributed by atoms with E-state index in [0.717, 1.165) is 28.3 Å². The van der Waals surface area contributed by atoms with Gasteiger partial charge in [-0.15, -0.1) is 0 Å². The number of hydrogen-bond donors (Lipinski definition) is 1. The smallest absolute Gasteiger partial charge is 0.228 e. The van der Waals surface area contributed by atoms with Gasteiger partial charge in [-0.1, -0.05) is 23.7 Å². The van der Waals surface area contributed by atoms with E-state index in [2.05, 4.69) is 10.3 Å². The van der Waals surface area contributed by atoms with Crippen LogP contribution in [0.5, 0.6) is 0 Å². The van der Waals surface area contributed by atoms with Crippen LogP contribution in [0.1, 0.15) is 17.0 Å². The molecule has 4 nitrogen and oxygen atoms in total. The second-order valence-corrected chi connectivity index (χ2v) is 5.72. The Kier molecular flexibility index (Phi) is 3.86. The molecule has 1 N–H and O–H groups in total. The highest BCUT2D eigenvalue weighted by molar-refractivity contribution is 6.30. The molecule has 112 valence electrons. The van der Waals surface area contributed by atoms with Crippen LogP contribution in [-0.4, -0.2) is 15.3 Å². The van der Waals surface area contributed by atoms with Gasteiger partial charge in [0, 0.05) is 16.9 Å². The molecular weight excluding hydrogens is 298 g/mol. The molecule has 0 aliphatic heterocycles. The number of imidazole rings is 1. The molecule has 0 bridgehead atoms. The first-order chi connectivity index (χ1) is 10.5. The summed E-state index contributed by atoms with van der Waals surface area (Å²) in [6.45, 7) is 3.98. The zero-order valence-electron chi connectivity index (χ0n) is 12.4. The zero-order chi connectivity index (χ0) is 15.7. The van der Waals surface area contributed by atoms with Gasteiger partial charge in [-0.3, -0.25) is 4.79 Å². The van der Waals surface area contributed by atoms with Crippen molar-refractivity contribution < 1.29 is 4.79 Å². The molecule has 3 rings (SSSR count). The number of aromatic nitrogens is 2. The van der Waals surface area contributed by atoms with E-state index in [0.29, 0.717) is 11.4 Å². The molecule has 1 aromatic carbocycles. The van der Waals surface area contributed by atoms with Gasteiger partial charge in [0.2, 0.25) is 5.91 Å². The van der Waals surface area contributed by atoms with Crippen molar-refractivity contribution in [2.75, 3.05) is 5.32 Å². The molecule has 0 saturated carbocycles. The lowest BCUT2D eigenvalue weighted by molar-refractivity contribution is -0.115. The Hall–Kier alpha value is -2.33. The molecule has 22 heavy (non-hydrogen) atoms. The van der Waals surface area contributed by atoms with E-state index in [1.54, 1.807) is 12.1 Å². The van der Waals surface area contributed by atoms with Crippen LogP contribution in [0.4, 0.5) is 5.69 Å². The fourth-order valence-corrected chi connectivity index (χ4v) is 2.47. The topological polar surface area (TPSA) is 46.4 Å². The second kappa shape index (κ2) is 5.81. The average molecular weight is 314 g/mol. The van der Waals surface area contributed by atoms with Crippen LogP contribution in [0.25, 0.3) is 5.65 Å². The normalized spacial score (nSPS) is 10.9. The van der Waals surface area contributed by atoms with Crippen LogP contribution < -0.4 is 5.32 Å². The molecule has 0 saturated heterocycles. The molecule has 3 aromatic rings. The number of pyridine rings is 1. The first kappa shape index (κ1) is 14.6. The van der Waals surface area contributed by atoms with E-state index in [1.165, 1.54) is 0 Å². The molecule has 0 aliphatic rings. The van der Waals surface area contributed by atoms with E-state index in [-0.39, 0.29) is 5.91 Å². The predicted octanol–water partition coefficient (Wildman–Crippen LogP) is 3.79. The van der Waals surface area contributed by atoms with Crippen LogP contribution in [0.15, 0.2) is 42.6 Å². The van der Waals surface area contributed by atoms with Crippen LogP contribution >= 0.6 is 11.6 Å². The number of halogens is 1. The Morgan fingerprint density at radius 2 is 1.91 bits per heavy atom. The number of benzene rings is 1. The quantitative estimate of drug-likeness (QED) is 0.799. The lowest BCUT2D eigenvalue weighted by atomic mass is 10.1. The lowest BCUT2D eigenvalue weighted by Crippen LogP contribution is -2.14. The maximum absolute atomic E-state index is 12.1. The van der Waals surface area contributed by atoms with E-state index < -0.39 is 0 Å². The van der Waals surface area contributed by atoms with E-state index in [4.69, 9.17) is 11.6 Å². The minimum atomic E-state index is -0.0591. The lowest BCUT2D eigenvalue weighted by Gasteiger charge is -2.07. The van der Waals surface area contributed by atoms with Crippen LogP contribution in [-0.2, 0) is 11.2 Å². The summed E-state index contributed by atoms with van der Waals surface area (Å²) in [4.78, 5) is 16.6. The molecule has 0 unspecified atom stereocenters. The Morgan fingerprint density at radius 1 is 1.18 bits per heavy atom. The third-order valence-corrected chi connectivity index (χ3v) is 3.91. The first-order valence-corrected chi connectivity index (χ1v) is 7.40. The van der Waals surface area contributed by atoms with Crippen molar-refractivity contribution in [1.82, 2.24) is 9.38 Å². The van der Waals surface area contributed by atoms with E-state index in [1.807, 2.05) is 48.7 Å². The molecule has 0 aliphatic carbocycles. The number of carbonyl (C=O) groups is 1. The molecule has 0 fully saturated rings. The highest BCUT2D eigenvalue weighted by Gasteiger charge is 2.07. The van der Waals surface area contributed by atoms with Crippen molar-refractivity contribution in [2.24, 2.45) is 0 Å². The van der Waals surface area contributed by atoms with Gasteiger partial charge in [0.15, 0.2) is 0 Å². The first-order valence-electron chi connectivity index (χ1n) is 7.02. The molecule has 2 heterocycles. The summed E-state index contributed by atoms with van der Waals surface area (Å²) in [5.74, 6) is -0.0591. The van der Waals surface area contributed by atoms with E-state index >= 15 is 0 Å². The maximum atomic E-state index is 12.1. The molecule has 0 radical (unpaired) electrons. The molecule has 2 aromatic heterocycles. The van der Waals surface area contributed by atoms with Gasteiger partial charge in [0.1, 0.15) is 5.65 Å². The zero-order valence-corrected chi connectivity index (χ0v) is 13.2. The summed E-state index contributed by atoms with van der Waals surface area (Å²) in [6.07, 6.45) is 2.21. The summed E-state index contributed by atoms with van der Waals surface area (Å²) in [5, 5.41) is 3.58. The number of aryl methyl sites for hydroxylation is 2. The number of hydrogen-bond acceptors (Lipinski definition) is 2. The van der Waals surface area contributed by atoms with Crippen LogP contribution in [0.2, 0.25) is 5.02 Å². The van der Waals surface area contributed by atoms with Crippen LogP contribution in [0.3, 0.4) is 0 Å². The van der Waals surface area contributed by atoms with Gasteiger partial charge in [-0.25, -0.2) is 4.98 Å². The van der Waals surface area contributed by atoms with Crippen molar-refractivity contribution in [1.29, 1.82) is 0 Å². The van der Waals surface area contributed by atoms with Crippen molar-refractivity contribution in [3.8, 4) is 0 Å². The Bertz CT molecular complexity index is 837. The predicted molar refractivity (Wildman–Crippen MR) is 88.5 cm³/mol. The number of rotatable bonds is 3. The van der Waals surface area contributed by atoms with Gasteiger partial charge in [0.05, 0.1) is 17.8 Å². The molecule has 5 heteroatoms. The fraction of sp³-hybridized carbons (Fsp3) is 0.176. The average Bonchev–Trinajstić information content (AvgIpc) is 2.77. The Labute approximate surface area is 133 Å². The highest BCUT2D eigenvalue weighted by atomic mass is 35.5. The van der Waals surface area contributed by atoms with Gasteiger partial charge in [-0.05, 0) is 43.7 Å². The standard InChI is InChI=1S/C17H16ClN3O/c1-11-12(2)21-10-15(7-8-16(21)19-11)20-17(22)9-13-3-5-14(18)6-4-13/h3-8,10H,9H2,1-2H3,(H,20,22). The van der Waals surface area contributed by atoms with E-state index in [9.17, 15) is 4.79 Å². The number of nitrogens with one attached hydrogen (secondary N) is 1. The fourth-order valence-electron chi connectivity index (χ4n) is 2.35. The van der Waals surface area contributed by atoms with Crippen molar-refractivity contribution in [3.05, 3.63) is 64.6 Å². The summed E-state index contributed by atoms with van der Waals surface area (Å²) in [5.41, 5.74) is 4.63. The number of anilines is 1. The molecule has 0 spiro atoms. The SMILES string of the molecule is Cc1nc2ccc(NC(=O)Cc3ccc(Cl)cc3)cn2c1C. The molecular formula is C17H16ClN3O. The molecule has 1 amide bonds. The minimum absolute atomic E-state index is 0.0591. The van der Waals surface area contributed by atoms with Crippen molar-refractivity contribution in [2.45, 2.75) is 20.3 Å². The van der Waals surface area contributed by atoms with Gasteiger partial charge < -0.3 is 9.72 Å². The Balaban J connectivity index is 1.76. The van der Waals surface area contributed by atoms with Gasteiger partial charge >= 0.3 is 0 Å². The summed E-state index contributed by atoms with van der Waals surface area (Å²) in [6, 6.07) is 11.0. The number of amides is 1. The van der Waals surface area contributed by atoms with Crippen molar-refractivity contribution >= 4 is 28.8 Å². The summed E-state index contributed by atoms with van der Waals surface area (Å²) >= 11 is 5.84. The number of fused-ring (bicyclic) bond motifs is 1. The maximum Gasteiger partial charge on any atom is 0.228 e. The van der Waals surface area contributed by atoms with Gasteiger partial charge in [-0.2, -0.15) is 0 Å². The highest BCUT2D eigenvalue weighted by Crippen LogP contribution is 2.16. The third kappa shape index (κ3) is 2.97. The number of carbonyl (C=O) groups excluding carboxylic acids is 1. The molecule has 0 atom stereocenters. The van der Waals surface area contributed by atoms with Crippen molar-refractivity contribution in [3.63, 3.8) is 0 Å². The van der Waals surface area contributed by atoms with Gasteiger partial charge in [0.25, 0.3) is 0 Å². The second-order valence-electron chi connectivity index (χ2n) is 5.28. The summed E-state index contributed by atoms with van der Waals surface area (Å²) < 4.78 is 1.98.